The normalized spacial score (nSPS) is 13.7. The van der Waals surface area contributed by atoms with Gasteiger partial charge in [-0.2, -0.15) is 0 Å². The molecule has 0 bridgehead atoms. The molecule has 2 aromatic heterocycles. The van der Waals surface area contributed by atoms with E-state index in [9.17, 15) is 9.59 Å². The summed E-state index contributed by atoms with van der Waals surface area (Å²) in [7, 11) is 0. The first-order valence-electron chi connectivity index (χ1n) is 7.90. The molecule has 126 valence electrons. The van der Waals surface area contributed by atoms with Crippen LogP contribution < -0.4 is 0 Å². The second-order valence-electron chi connectivity index (χ2n) is 5.94. The fourth-order valence-corrected chi connectivity index (χ4v) is 4.25. The van der Waals surface area contributed by atoms with E-state index >= 15 is 0 Å². The third-order valence-corrected chi connectivity index (χ3v) is 5.48. The number of carbonyl (C=O) groups excluding carboxylic acids is 2. The summed E-state index contributed by atoms with van der Waals surface area (Å²) in [5, 5.41) is 0. The van der Waals surface area contributed by atoms with Crippen LogP contribution in [0.3, 0.4) is 0 Å². The van der Waals surface area contributed by atoms with Crippen molar-refractivity contribution in [3.63, 3.8) is 0 Å². The molecule has 0 spiro atoms. The number of nitrogens with one attached hydrogen (secondary N) is 1. The van der Waals surface area contributed by atoms with Crippen molar-refractivity contribution in [2.24, 2.45) is 0 Å². The van der Waals surface area contributed by atoms with E-state index in [0.29, 0.717) is 35.1 Å². The maximum atomic E-state index is 13.0. The molecule has 0 saturated heterocycles. The molecule has 0 fully saturated rings. The molecule has 24 heavy (non-hydrogen) atoms. The Balaban J connectivity index is 1.90. The molecule has 0 atom stereocenters. The second kappa shape index (κ2) is 6.95. The smallest absolute Gasteiger partial charge is 0.271 e. The lowest BCUT2D eigenvalue weighted by Crippen LogP contribution is -2.31. The molecule has 2 heterocycles. The number of halogens is 1. The number of rotatable bonds is 5. The molecular weight excluding hydrogens is 344 g/mol. The van der Waals surface area contributed by atoms with Gasteiger partial charge in [0.2, 0.25) is 0 Å². The van der Waals surface area contributed by atoms with E-state index in [1.807, 2.05) is 19.1 Å². The number of hydrogen-bond donors (Lipinski definition) is 1. The predicted molar refractivity (Wildman–Crippen MR) is 97.1 cm³/mol. The topological polar surface area (TPSA) is 53.2 Å². The molecule has 1 amide bonds. The summed E-state index contributed by atoms with van der Waals surface area (Å²) in [6.45, 7) is 6.50. The number of H-pyrrole nitrogens is 1. The maximum Gasteiger partial charge on any atom is 0.271 e. The number of aryl methyl sites for hydroxylation is 1. The summed E-state index contributed by atoms with van der Waals surface area (Å²) >= 11 is 7.44. The number of fused-ring (bicyclic) bond motifs is 1. The van der Waals surface area contributed by atoms with Crippen molar-refractivity contribution in [2.75, 3.05) is 6.54 Å². The minimum absolute atomic E-state index is 0.112. The Hall–Kier alpha value is -1.85. The van der Waals surface area contributed by atoms with Crippen LogP contribution in [0, 0.1) is 6.92 Å². The number of thiophene rings is 1. The van der Waals surface area contributed by atoms with Crippen LogP contribution in [0.5, 0.6) is 0 Å². The number of hydrogen-bond acceptors (Lipinski definition) is 3. The Morgan fingerprint density at radius 2 is 2.25 bits per heavy atom. The standard InChI is InChI=1S/C18H19ClN2O2S/c1-3-9-21(10-12-7-8-15(19)24-12)18(23)17-11(2)16-13(20-17)5-4-6-14(16)22/h3,7-8,20H,1,4-6,9-10H2,2H3. The summed E-state index contributed by atoms with van der Waals surface area (Å²) in [4.78, 5) is 31.1. The summed E-state index contributed by atoms with van der Waals surface area (Å²) in [6.07, 6.45) is 3.92. The summed E-state index contributed by atoms with van der Waals surface area (Å²) < 4.78 is 0.702. The number of aromatic amines is 1. The van der Waals surface area contributed by atoms with E-state index in [1.54, 1.807) is 11.0 Å². The fraction of sp³-hybridized carbons (Fsp3) is 0.333. The third kappa shape index (κ3) is 3.19. The SMILES string of the molecule is C=CCN(Cc1ccc(Cl)s1)C(=O)c1[nH]c2c(c1C)C(=O)CCC2. The van der Waals surface area contributed by atoms with Gasteiger partial charge in [-0.25, -0.2) is 0 Å². The van der Waals surface area contributed by atoms with Crippen LogP contribution in [0.1, 0.15) is 49.8 Å². The van der Waals surface area contributed by atoms with E-state index in [-0.39, 0.29) is 11.7 Å². The highest BCUT2D eigenvalue weighted by Gasteiger charge is 2.28. The molecule has 4 nitrogen and oxygen atoms in total. The van der Waals surface area contributed by atoms with Crippen LogP contribution in [0.2, 0.25) is 4.34 Å². The van der Waals surface area contributed by atoms with Crippen molar-refractivity contribution in [1.29, 1.82) is 0 Å². The molecule has 1 aliphatic rings. The summed E-state index contributed by atoms with van der Waals surface area (Å²) in [5.74, 6) is 0.0171. The molecule has 0 unspecified atom stereocenters. The third-order valence-electron chi connectivity index (χ3n) is 4.26. The number of amides is 1. The van der Waals surface area contributed by atoms with Crippen LogP contribution >= 0.6 is 22.9 Å². The van der Waals surface area contributed by atoms with Crippen LogP contribution in [0.25, 0.3) is 0 Å². The maximum absolute atomic E-state index is 13.0. The Labute approximate surface area is 150 Å². The Morgan fingerprint density at radius 3 is 2.88 bits per heavy atom. The zero-order valence-electron chi connectivity index (χ0n) is 13.5. The highest BCUT2D eigenvalue weighted by Crippen LogP contribution is 2.28. The summed E-state index contributed by atoms with van der Waals surface area (Å²) in [6, 6.07) is 3.75. The van der Waals surface area contributed by atoms with Crippen molar-refractivity contribution in [3.8, 4) is 0 Å². The van der Waals surface area contributed by atoms with Crippen molar-refractivity contribution >= 4 is 34.6 Å². The molecule has 0 aromatic carbocycles. The van der Waals surface area contributed by atoms with Gasteiger partial charge in [-0.1, -0.05) is 17.7 Å². The zero-order valence-corrected chi connectivity index (χ0v) is 15.1. The lowest BCUT2D eigenvalue weighted by Gasteiger charge is -2.20. The fourth-order valence-electron chi connectivity index (χ4n) is 3.15. The van der Waals surface area contributed by atoms with Gasteiger partial charge >= 0.3 is 0 Å². The second-order valence-corrected chi connectivity index (χ2v) is 7.74. The molecule has 1 N–H and O–H groups in total. The van der Waals surface area contributed by atoms with Crippen molar-refractivity contribution in [2.45, 2.75) is 32.7 Å². The Morgan fingerprint density at radius 1 is 1.46 bits per heavy atom. The number of aromatic nitrogens is 1. The van der Waals surface area contributed by atoms with Gasteiger partial charge in [0.05, 0.1) is 10.9 Å². The predicted octanol–water partition coefficient (Wildman–Crippen LogP) is 4.39. The van der Waals surface area contributed by atoms with Crippen molar-refractivity contribution in [1.82, 2.24) is 9.88 Å². The van der Waals surface area contributed by atoms with Gasteiger partial charge in [0.15, 0.2) is 5.78 Å². The van der Waals surface area contributed by atoms with Gasteiger partial charge in [0.1, 0.15) is 5.69 Å². The molecule has 0 radical (unpaired) electrons. The highest BCUT2D eigenvalue weighted by atomic mass is 35.5. The molecular formula is C18H19ClN2O2S. The lowest BCUT2D eigenvalue weighted by atomic mass is 9.94. The number of ketones is 1. The van der Waals surface area contributed by atoms with E-state index in [4.69, 9.17) is 11.6 Å². The van der Waals surface area contributed by atoms with E-state index < -0.39 is 0 Å². The zero-order chi connectivity index (χ0) is 17.3. The van der Waals surface area contributed by atoms with Gasteiger partial charge in [0.25, 0.3) is 5.91 Å². The van der Waals surface area contributed by atoms with E-state index in [2.05, 4.69) is 11.6 Å². The number of Topliss-reactive ketones (excluding diaryl/α,β-unsaturated/α-hetero) is 1. The highest BCUT2D eigenvalue weighted by molar-refractivity contribution is 7.16. The first-order valence-corrected chi connectivity index (χ1v) is 9.09. The lowest BCUT2D eigenvalue weighted by molar-refractivity contribution is 0.0758. The van der Waals surface area contributed by atoms with Gasteiger partial charge in [-0.15, -0.1) is 17.9 Å². The van der Waals surface area contributed by atoms with Crippen molar-refractivity contribution in [3.05, 3.63) is 56.5 Å². The van der Waals surface area contributed by atoms with Crippen LogP contribution in [-0.2, 0) is 13.0 Å². The molecule has 6 heteroatoms. The van der Waals surface area contributed by atoms with Gasteiger partial charge < -0.3 is 9.88 Å². The molecule has 3 rings (SSSR count). The van der Waals surface area contributed by atoms with Gasteiger partial charge in [-0.05, 0) is 37.5 Å². The Kier molecular flexibility index (Phi) is 4.92. The molecule has 2 aromatic rings. The molecule has 0 aliphatic heterocycles. The average Bonchev–Trinajstić information content (AvgIpc) is 3.11. The minimum atomic E-state index is -0.112. The molecule has 1 aliphatic carbocycles. The largest absolute Gasteiger partial charge is 0.354 e. The summed E-state index contributed by atoms with van der Waals surface area (Å²) in [5.41, 5.74) is 2.88. The van der Waals surface area contributed by atoms with Gasteiger partial charge in [-0.3, -0.25) is 9.59 Å². The number of nitrogens with zero attached hydrogens (tertiary/aromatic N) is 1. The average molecular weight is 363 g/mol. The first-order chi connectivity index (χ1) is 11.5. The van der Waals surface area contributed by atoms with Crippen LogP contribution in [-0.4, -0.2) is 28.1 Å². The van der Waals surface area contributed by atoms with E-state index in [1.165, 1.54) is 11.3 Å². The minimum Gasteiger partial charge on any atom is -0.354 e. The quantitative estimate of drug-likeness (QED) is 0.802. The van der Waals surface area contributed by atoms with Crippen molar-refractivity contribution < 1.29 is 9.59 Å². The monoisotopic (exact) mass is 362 g/mol. The first kappa shape index (κ1) is 17.0. The van der Waals surface area contributed by atoms with Crippen LogP contribution in [0.15, 0.2) is 24.8 Å². The number of carbonyl (C=O) groups is 2. The van der Waals surface area contributed by atoms with Gasteiger partial charge in [0, 0.05) is 29.1 Å². The van der Waals surface area contributed by atoms with Crippen LogP contribution in [0.4, 0.5) is 0 Å². The Bertz CT molecular complexity index is 806. The molecule has 0 saturated carbocycles. The van der Waals surface area contributed by atoms with E-state index in [0.717, 1.165) is 29.0 Å².